The third-order valence-corrected chi connectivity index (χ3v) is 4.29. The van der Waals surface area contributed by atoms with Gasteiger partial charge >= 0.3 is 0 Å². The Hall–Kier alpha value is -2.82. The molecule has 0 radical (unpaired) electrons. The molecule has 1 unspecified atom stereocenters. The second-order valence-corrected chi connectivity index (χ2v) is 6.92. The smallest absolute Gasteiger partial charge is 0.244 e. The Bertz CT molecular complexity index is 828. The van der Waals surface area contributed by atoms with Crippen molar-refractivity contribution >= 4 is 12.0 Å². The molecule has 4 nitrogen and oxygen atoms in total. The molecule has 0 fully saturated rings. The number of amides is 1. The fraction of sp³-hybridized carbons (Fsp3) is 0.286. The molecule has 1 aliphatic rings. The second kappa shape index (κ2) is 7.20. The van der Waals surface area contributed by atoms with Crippen molar-refractivity contribution in [3.8, 4) is 11.5 Å². The SMILES string of the molecule is COc1ccc2c(c1)C(NC(=O)/C=C/c1ccc(F)cc1)CC(C)(C)O2. The summed E-state index contributed by atoms with van der Waals surface area (Å²) < 4.78 is 24.2. The predicted molar refractivity (Wildman–Crippen MR) is 98.6 cm³/mol. The maximum atomic E-state index is 12.9. The van der Waals surface area contributed by atoms with E-state index in [0.717, 1.165) is 16.9 Å². The lowest BCUT2D eigenvalue weighted by atomic mass is 9.89. The highest BCUT2D eigenvalue weighted by molar-refractivity contribution is 5.92. The number of hydrogen-bond donors (Lipinski definition) is 1. The first kappa shape index (κ1) is 18.0. The van der Waals surface area contributed by atoms with Crippen LogP contribution in [0, 0.1) is 5.82 Å². The molecule has 5 heteroatoms. The number of methoxy groups -OCH3 is 1. The molecule has 3 rings (SSSR count). The number of benzene rings is 2. The summed E-state index contributed by atoms with van der Waals surface area (Å²) in [6.45, 7) is 3.99. The fourth-order valence-corrected chi connectivity index (χ4v) is 3.05. The summed E-state index contributed by atoms with van der Waals surface area (Å²) in [6, 6.07) is 11.4. The molecule has 0 saturated heterocycles. The molecule has 0 spiro atoms. The maximum Gasteiger partial charge on any atom is 0.244 e. The molecule has 1 N–H and O–H groups in total. The normalized spacial score (nSPS) is 18.1. The van der Waals surface area contributed by atoms with Gasteiger partial charge in [0.1, 0.15) is 22.9 Å². The van der Waals surface area contributed by atoms with Gasteiger partial charge in [0.15, 0.2) is 0 Å². The average Bonchev–Trinajstić information content (AvgIpc) is 2.60. The van der Waals surface area contributed by atoms with Gasteiger partial charge in [0, 0.05) is 18.1 Å². The molecule has 136 valence electrons. The molecular weight excluding hydrogens is 333 g/mol. The summed E-state index contributed by atoms with van der Waals surface area (Å²) in [5.41, 5.74) is 1.27. The number of hydrogen-bond acceptors (Lipinski definition) is 3. The van der Waals surface area contributed by atoms with Crippen molar-refractivity contribution in [3.05, 3.63) is 65.5 Å². The van der Waals surface area contributed by atoms with E-state index in [2.05, 4.69) is 5.32 Å². The molecular formula is C21H22FNO3. The van der Waals surface area contributed by atoms with Gasteiger partial charge in [-0.3, -0.25) is 4.79 Å². The van der Waals surface area contributed by atoms with Gasteiger partial charge in [0.2, 0.25) is 5.91 Å². The van der Waals surface area contributed by atoms with E-state index in [-0.39, 0.29) is 23.4 Å². The van der Waals surface area contributed by atoms with Crippen LogP contribution in [0.1, 0.15) is 37.4 Å². The van der Waals surface area contributed by atoms with E-state index in [4.69, 9.17) is 9.47 Å². The van der Waals surface area contributed by atoms with Crippen LogP contribution in [-0.4, -0.2) is 18.6 Å². The van der Waals surface area contributed by atoms with E-state index in [0.29, 0.717) is 12.2 Å². The van der Waals surface area contributed by atoms with Gasteiger partial charge in [-0.25, -0.2) is 4.39 Å². The van der Waals surface area contributed by atoms with Crippen molar-refractivity contribution < 1.29 is 18.7 Å². The van der Waals surface area contributed by atoms with Crippen molar-refractivity contribution in [3.63, 3.8) is 0 Å². The summed E-state index contributed by atoms with van der Waals surface area (Å²) in [5, 5.41) is 3.03. The molecule has 2 aromatic rings. The first-order valence-electron chi connectivity index (χ1n) is 8.47. The minimum absolute atomic E-state index is 0.186. The standard InChI is InChI=1S/C21H22FNO3/c1-21(2)13-18(17-12-16(25-3)9-10-19(17)26-21)23-20(24)11-6-14-4-7-15(22)8-5-14/h4-12,18H,13H2,1-3H3,(H,23,24)/b11-6+. The number of halogens is 1. The summed E-state index contributed by atoms with van der Waals surface area (Å²) in [4.78, 5) is 12.4. The Kier molecular flexibility index (Phi) is 4.98. The maximum absolute atomic E-state index is 12.9. The van der Waals surface area contributed by atoms with Gasteiger partial charge in [-0.1, -0.05) is 12.1 Å². The van der Waals surface area contributed by atoms with Crippen LogP contribution >= 0.6 is 0 Å². The molecule has 1 heterocycles. The number of nitrogens with one attached hydrogen (secondary N) is 1. The number of ether oxygens (including phenoxy) is 2. The minimum atomic E-state index is -0.389. The summed E-state index contributed by atoms with van der Waals surface area (Å²) in [7, 11) is 1.61. The lowest BCUT2D eigenvalue weighted by molar-refractivity contribution is -0.117. The van der Waals surface area contributed by atoms with E-state index in [1.807, 2.05) is 32.0 Å². The van der Waals surface area contributed by atoms with Gasteiger partial charge < -0.3 is 14.8 Å². The van der Waals surface area contributed by atoms with Crippen LogP contribution in [0.25, 0.3) is 6.08 Å². The van der Waals surface area contributed by atoms with E-state index >= 15 is 0 Å². The molecule has 1 amide bonds. The fourth-order valence-electron chi connectivity index (χ4n) is 3.05. The molecule has 0 aliphatic carbocycles. The highest BCUT2D eigenvalue weighted by atomic mass is 19.1. The van der Waals surface area contributed by atoms with E-state index in [1.54, 1.807) is 25.3 Å². The van der Waals surface area contributed by atoms with Crippen LogP contribution in [0.15, 0.2) is 48.5 Å². The zero-order valence-corrected chi connectivity index (χ0v) is 15.1. The van der Waals surface area contributed by atoms with Crippen LogP contribution in [-0.2, 0) is 4.79 Å². The van der Waals surface area contributed by atoms with Gasteiger partial charge in [-0.15, -0.1) is 0 Å². The minimum Gasteiger partial charge on any atom is -0.497 e. The van der Waals surface area contributed by atoms with Crippen molar-refractivity contribution in [2.75, 3.05) is 7.11 Å². The Labute approximate surface area is 152 Å². The zero-order valence-electron chi connectivity index (χ0n) is 15.1. The Balaban J connectivity index is 1.78. The third-order valence-electron chi connectivity index (χ3n) is 4.29. The summed E-state index contributed by atoms with van der Waals surface area (Å²) in [5.74, 6) is 0.940. The molecule has 1 atom stereocenters. The zero-order chi connectivity index (χ0) is 18.7. The van der Waals surface area contributed by atoms with E-state index in [9.17, 15) is 9.18 Å². The molecule has 0 saturated carbocycles. The summed E-state index contributed by atoms with van der Waals surface area (Å²) >= 11 is 0. The van der Waals surface area contributed by atoms with Crippen LogP contribution in [0.4, 0.5) is 4.39 Å². The molecule has 1 aliphatic heterocycles. The van der Waals surface area contributed by atoms with E-state index in [1.165, 1.54) is 18.2 Å². The first-order valence-corrected chi connectivity index (χ1v) is 8.47. The van der Waals surface area contributed by atoms with Gasteiger partial charge in [0.05, 0.1) is 13.2 Å². The second-order valence-electron chi connectivity index (χ2n) is 6.92. The molecule has 2 aromatic carbocycles. The molecule has 26 heavy (non-hydrogen) atoms. The topological polar surface area (TPSA) is 47.6 Å². The highest BCUT2D eigenvalue weighted by Crippen LogP contribution is 2.41. The number of rotatable bonds is 4. The van der Waals surface area contributed by atoms with Gasteiger partial charge in [-0.2, -0.15) is 0 Å². The average molecular weight is 355 g/mol. The lowest BCUT2D eigenvalue weighted by Crippen LogP contribution is -2.40. The van der Waals surface area contributed by atoms with Crippen LogP contribution in [0.2, 0.25) is 0 Å². The Morgan fingerprint density at radius 3 is 2.69 bits per heavy atom. The predicted octanol–water partition coefficient (Wildman–Crippen LogP) is 4.27. The Morgan fingerprint density at radius 2 is 2.00 bits per heavy atom. The monoisotopic (exact) mass is 355 g/mol. The largest absolute Gasteiger partial charge is 0.497 e. The highest BCUT2D eigenvalue weighted by Gasteiger charge is 2.34. The van der Waals surface area contributed by atoms with Crippen LogP contribution in [0.5, 0.6) is 11.5 Å². The first-order chi connectivity index (χ1) is 12.4. The van der Waals surface area contributed by atoms with Crippen LogP contribution in [0.3, 0.4) is 0 Å². The van der Waals surface area contributed by atoms with Gasteiger partial charge in [-0.05, 0) is 55.8 Å². The third kappa shape index (κ3) is 4.23. The number of carbonyl (C=O) groups is 1. The number of fused-ring (bicyclic) bond motifs is 1. The number of carbonyl (C=O) groups excluding carboxylic acids is 1. The Morgan fingerprint density at radius 1 is 1.27 bits per heavy atom. The quantitative estimate of drug-likeness (QED) is 0.834. The van der Waals surface area contributed by atoms with Gasteiger partial charge in [0.25, 0.3) is 0 Å². The molecule has 0 bridgehead atoms. The lowest BCUT2D eigenvalue weighted by Gasteiger charge is -2.37. The van der Waals surface area contributed by atoms with Crippen molar-refractivity contribution in [1.82, 2.24) is 5.32 Å². The van der Waals surface area contributed by atoms with Crippen molar-refractivity contribution in [2.45, 2.75) is 31.9 Å². The van der Waals surface area contributed by atoms with Crippen molar-refractivity contribution in [2.24, 2.45) is 0 Å². The van der Waals surface area contributed by atoms with E-state index < -0.39 is 0 Å². The molecule has 0 aromatic heterocycles. The summed E-state index contributed by atoms with van der Waals surface area (Å²) in [6.07, 6.45) is 3.75. The van der Waals surface area contributed by atoms with Crippen molar-refractivity contribution in [1.29, 1.82) is 0 Å². The van der Waals surface area contributed by atoms with Crippen LogP contribution < -0.4 is 14.8 Å².